The molecule has 12 heteroatoms. The predicted molar refractivity (Wildman–Crippen MR) is 238 cm³/mol. The summed E-state index contributed by atoms with van der Waals surface area (Å²) < 4.78 is 1.43. The molecule has 56 heavy (non-hydrogen) atoms. The van der Waals surface area contributed by atoms with Gasteiger partial charge in [-0.25, -0.2) is 0 Å². The third kappa shape index (κ3) is 17.9. The summed E-state index contributed by atoms with van der Waals surface area (Å²) in [7, 11) is 0. The average Bonchev–Trinajstić information content (AvgIpc) is 3.20. The molecule has 0 radical (unpaired) electrons. The number of benzene rings is 2. The van der Waals surface area contributed by atoms with Gasteiger partial charge in [0, 0.05) is 58.1 Å². The predicted octanol–water partition coefficient (Wildman–Crippen LogP) is 9.89. The minimum atomic E-state index is -0.585. The summed E-state index contributed by atoms with van der Waals surface area (Å²) in [4.78, 5) is 60.4. The molecule has 0 aliphatic heterocycles. The van der Waals surface area contributed by atoms with Gasteiger partial charge >= 0.3 is 0 Å². The number of hydrogen-bond acceptors (Lipinski definition) is 8. The van der Waals surface area contributed by atoms with Crippen molar-refractivity contribution in [1.29, 1.82) is 0 Å². The molecule has 2 N–H and O–H groups in total. The molecule has 0 spiro atoms. The monoisotopic (exact) mass is 922 g/mol. The second kappa shape index (κ2) is 26.6. The SMILES string of the molecule is O=C(NC(Cc1ccccc1)C(=O)CCSCCCCCCCCCCSCCC(=O)C(Cc1ccccc1)NC(=O)c1cncc(Br)c1)c1cncc(Br)c1. The highest BCUT2D eigenvalue weighted by Gasteiger charge is 2.23. The van der Waals surface area contributed by atoms with E-state index in [4.69, 9.17) is 0 Å². The molecular formula is C44H52Br2N4O4S2. The van der Waals surface area contributed by atoms with Crippen LogP contribution in [0.3, 0.4) is 0 Å². The van der Waals surface area contributed by atoms with Crippen LogP contribution < -0.4 is 10.6 Å². The first-order valence-corrected chi connectivity index (χ1v) is 23.3. The largest absolute Gasteiger partial charge is 0.342 e. The lowest BCUT2D eigenvalue weighted by Crippen LogP contribution is -2.42. The molecule has 2 unspecified atom stereocenters. The van der Waals surface area contributed by atoms with Crippen molar-refractivity contribution in [3.05, 3.63) is 129 Å². The molecule has 0 aliphatic rings. The van der Waals surface area contributed by atoms with E-state index in [0.717, 1.165) is 47.0 Å². The van der Waals surface area contributed by atoms with Crippen molar-refractivity contribution in [3.8, 4) is 0 Å². The zero-order valence-electron chi connectivity index (χ0n) is 31.8. The number of hydrogen-bond donors (Lipinski definition) is 2. The highest BCUT2D eigenvalue weighted by molar-refractivity contribution is 9.10. The van der Waals surface area contributed by atoms with Crippen LogP contribution in [0.5, 0.6) is 0 Å². The molecule has 0 saturated heterocycles. The summed E-state index contributed by atoms with van der Waals surface area (Å²) in [6.45, 7) is 0. The van der Waals surface area contributed by atoms with Crippen molar-refractivity contribution in [1.82, 2.24) is 20.6 Å². The maximum Gasteiger partial charge on any atom is 0.253 e. The van der Waals surface area contributed by atoms with Gasteiger partial charge in [-0.2, -0.15) is 23.5 Å². The highest BCUT2D eigenvalue weighted by Crippen LogP contribution is 2.17. The number of rotatable bonds is 27. The topological polar surface area (TPSA) is 118 Å². The fourth-order valence-corrected chi connectivity index (χ4v) is 8.76. The minimum absolute atomic E-state index is 0.0495. The zero-order valence-corrected chi connectivity index (χ0v) is 36.6. The van der Waals surface area contributed by atoms with E-state index in [-0.39, 0.29) is 23.4 Å². The first-order valence-electron chi connectivity index (χ1n) is 19.4. The number of thioether (sulfide) groups is 2. The Morgan fingerprint density at radius 1 is 0.518 bits per heavy atom. The van der Waals surface area contributed by atoms with E-state index in [0.29, 0.717) is 45.8 Å². The number of halogens is 2. The lowest BCUT2D eigenvalue weighted by Gasteiger charge is -2.18. The molecule has 298 valence electrons. The Balaban J connectivity index is 1.02. The van der Waals surface area contributed by atoms with Crippen molar-refractivity contribution < 1.29 is 19.2 Å². The van der Waals surface area contributed by atoms with Crippen molar-refractivity contribution in [2.24, 2.45) is 0 Å². The standard InChI is InChI=1S/C44H52Br2N4O4S2/c45-37-27-35(29-47-31-37)43(53)49-39(25-33-15-9-7-10-16-33)41(51)19-23-55-21-13-5-3-1-2-4-6-14-22-56-24-20-42(52)40(26-34-17-11-8-12-18-34)50-44(54)36-28-38(46)32-48-30-36/h7-12,15-18,27-32,39-40H,1-6,13-14,19-26H2,(H,49,53)(H,50,54). The Kier molecular flexibility index (Phi) is 21.5. The molecule has 2 aromatic carbocycles. The molecule has 2 aromatic heterocycles. The molecule has 0 bridgehead atoms. The van der Waals surface area contributed by atoms with Gasteiger partial charge in [-0.1, -0.05) is 99.2 Å². The maximum atomic E-state index is 13.2. The second-order valence-electron chi connectivity index (χ2n) is 13.7. The normalized spacial score (nSPS) is 12.1. The van der Waals surface area contributed by atoms with E-state index in [1.165, 1.54) is 50.9 Å². The van der Waals surface area contributed by atoms with Crippen molar-refractivity contribution in [3.63, 3.8) is 0 Å². The average molecular weight is 925 g/mol. The number of pyridine rings is 2. The van der Waals surface area contributed by atoms with Crippen molar-refractivity contribution in [2.45, 2.75) is 89.1 Å². The fourth-order valence-electron chi connectivity index (χ4n) is 6.11. The van der Waals surface area contributed by atoms with Gasteiger partial charge in [0.05, 0.1) is 23.2 Å². The first kappa shape index (κ1) is 45.4. The number of Topliss-reactive ketones (excluding diaryl/α,β-unsaturated/α-hetero) is 2. The van der Waals surface area contributed by atoms with Gasteiger partial charge < -0.3 is 10.6 Å². The molecule has 0 saturated carbocycles. The number of unbranched alkanes of at least 4 members (excludes halogenated alkanes) is 7. The molecule has 4 rings (SSSR count). The van der Waals surface area contributed by atoms with E-state index in [9.17, 15) is 19.2 Å². The molecule has 2 amide bonds. The van der Waals surface area contributed by atoms with Crippen LogP contribution in [-0.4, -0.2) is 68.4 Å². The Labute approximate surface area is 357 Å². The van der Waals surface area contributed by atoms with Crippen molar-refractivity contribution >= 4 is 78.8 Å². The van der Waals surface area contributed by atoms with Gasteiger partial charge in [-0.05, 0) is 92.3 Å². The zero-order chi connectivity index (χ0) is 39.8. The van der Waals surface area contributed by atoms with E-state index in [2.05, 4.69) is 52.5 Å². The molecule has 0 aliphatic carbocycles. The number of ketones is 2. The molecular weight excluding hydrogens is 872 g/mol. The lowest BCUT2D eigenvalue weighted by molar-refractivity contribution is -0.121. The number of nitrogens with zero attached hydrogens (tertiary/aromatic N) is 2. The van der Waals surface area contributed by atoms with Crippen LogP contribution in [0, 0.1) is 0 Å². The lowest BCUT2D eigenvalue weighted by atomic mass is 10.0. The highest BCUT2D eigenvalue weighted by atomic mass is 79.9. The Morgan fingerprint density at radius 2 is 0.893 bits per heavy atom. The van der Waals surface area contributed by atoms with Gasteiger partial charge in [0.1, 0.15) is 0 Å². The first-order chi connectivity index (χ1) is 27.3. The number of aromatic nitrogens is 2. The van der Waals surface area contributed by atoms with Gasteiger partial charge in [0.2, 0.25) is 0 Å². The number of nitrogens with one attached hydrogen (secondary N) is 2. The van der Waals surface area contributed by atoms with Crippen LogP contribution in [0.1, 0.15) is 96.1 Å². The minimum Gasteiger partial charge on any atom is -0.342 e. The van der Waals surface area contributed by atoms with Crippen LogP contribution in [0.25, 0.3) is 0 Å². The van der Waals surface area contributed by atoms with Gasteiger partial charge in [-0.15, -0.1) is 0 Å². The summed E-state index contributed by atoms with van der Waals surface area (Å²) in [6.07, 6.45) is 17.6. The quantitative estimate of drug-likeness (QED) is 0.0568. The Hall–Kier alpha value is -3.32. The number of carbonyl (C=O) groups is 4. The van der Waals surface area contributed by atoms with Crippen LogP contribution in [0.4, 0.5) is 0 Å². The third-order valence-electron chi connectivity index (χ3n) is 9.20. The number of carbonyl (C=O) groups excluding carboxylic acids is 4. The van der Waals surface area contributed by atoms with Crippen LogP contribution in [0.2, 0.25) is 0 Å². The van der Waals surface area contributed by atoms with E-state index in [1.54, 1.807) is 24.5 Å². The summed E-state index contributed by atoms with van der Waals surface area (Å²) in [5.74, 6) is 3.07. The molecule has 8 nitrogen and oxygen atoms in total. The Morgan fingerprint density at radius 3 is 1.27 bits per heavy atom. The van der Waals surface area contributed by atoms with Crippen molar-refractivity contribution in [2.75, 3.05) is 23.0 Å². The molecule has 0 fully saturated rings. The smallest absolute Gasteiger partial charge is 0.253 e. The fraction of sp³-hybridized carbons (Fsp3) is 0.409. The van der Waals surface area contributed by atoms with Crippen LogP contribution >= 0.6 is 55.4 Å². The molecule has 2 atom stereocenters. The molecule has 2 heterocycles. The second-order valence-corrected chi connectivity index (χ2v) is 18.0. The van der Waals surface area contributed by atoms with E-state index in [1.807, 2.05) is 84.2 Å². The van der Waals surface area contributed by atoms with Gasteiger partial charge in [0.25, 0.3) is 11.8 Å². The van der Waals surface area contributed by atoms with E-state index >= 15 is 0 Å². The van der Waals surface area contributed by atoms with Crippen LogP contribution in [-0.2, 0) is 22.4 Å². The number of amides is 2. The van der Waals surface area contributed by atoms with Gasteiger partial charge in [-0.3, -0.25) is 29.1 Å². The van der Waals surface area contributed by atoms with Crippen LogP contribution in [0.15, 0.2) is 107 Å². The molecule has 4 aromatic rings. The summed E-state index contributed by atoms with van der Waals surface area (Å²) in [5, 5.41) is 5.90. The van der Waals surface area contributed by atoms with E-state index < -0.39 is 12.1 Å². The summed E-state index contributed by atoms with van der Waals surface area (Å²) in [5.41, 5.74) is 2.87. The Bertz CT molecular complexity index is 1670. The summed E-state index contributed by atoms with van der Waals surface area (Å²) >= 11 is 10.3. The third-order valence-corrected chi connectivity index (χ3v) is 12.2. The summed E-state index contributed by atoms with van der Waals surface area (Å²) in [6, 6.07) is 21.8. The maximum absolute atomic E-state index is 13.2. The van der Waals surface area contributed by atoms with Gasteiger partial charge in [0.15, 0.2) is 11.6 Å².